The fraction of sp³-hybridized carbons (Fsp3) is 1.00. The Morgan fingerprint density at radius 1 is 1.38 bits per heavy atom. The van der Waals surface area contributed by atoms with Crippen LogP contribution < -0.4 is 5.32 Å². The summed E-state index contributed by atoms with van der Waals surface area (Å²) in [6, 6.07) is 0.391. The van der Waals surface area contributed by atoms with Gasteiger partial charge in [0.25, 0.3) is 0 Å². The molecule has 1 heterocycles. The lowest BCUT2D eigenvalue weighted by atomic mass is 9.63. The van der Waals surface area contributed by atoms with Crippen molar-refractivity contribution < 1.29 is 5.11 Å². The van der Waals surface area contributed by atoms with Crippen LogP contribution in [0.4, 0.5) is 0 Å². The minimum Gasteiger partial charge on any atom is -0.388 e. The van der Waals surface area contributed by atoms with E-state index in [1.54, 1.807) is 0 Å². The van der Waals surface area contributed by atoms with Gasteiger partial charge < -0.3 is 10.4 Å². The van der Waals surface area contributed by atoms with E-state index in [0.717, 1.165) is 31.2 Å². The molecule has 2 N–H and O–H groups in total. The van der Waals surface area contributed by atoms with Gasteiger partial charge >= 0.3 is 0 Å². The van der Waals surface area contributed by atoms with Crippen LogP contribution in [0.15, 0.2) is 0 Å². The molecule has 1 saturated heterocycles. The Bertz CT molecular complexity index is 179. The zero-order chi connectivity index (χ0) is 9.47. The van der Waals surface area contributed by atoms with Crippen LogP contribution in [0.1, 0.15) is 39.5 Å². The molecule has 0 radical (unpaired) electrons. The second-order valence-electron chi connectivity index (χ2n) is 5.16. The first-order valence-corrected chi connectivity index (χ1v) is 5.57. The lowest BCUT2D eigenvalue weighted by Crippen LogP contribution is -2.57. The van der Waals surface area contributed by atoms with Crippen molar-refractivity contribution in [3.8, 4) is 0 Å². The lowest BCUT2D eigenvalue weighted by Gasteiger charge is -2.49. The molecule has 1 aliphatic carbocycles. The molecular formula is C11H21NO. The molecule has 0 bridgehead atoms. The second-order valence-corrected chi connectivity index (χ2v) is 5.16. The van der Waals surface area contributed by atoms with Gasteiger partial charge in [-0.3, -0.25) is 0 Å². The molecule has 0 spiro atoms. The normalized spacial score (nSPS) is 45.2. The fourth-order valence-electron chi connectivity index (χ4n) is 2.75. The molecule has 1 unspecified atom stereocenters. The van der Waals surface area contributed by atoms with Crippen molar-refractivity contribution in [2.24, 2.45) is 11.8 Å². The van der Waals surface area contributed by atoms with Crippen molar-refractivity contribution in [2.75, 3.05) is 6.54 Å². The standard InChI is InChI=1S/C11H21NO/c1-8(2)9-6-11(13,7-9)10-4-3-5-12-10/h8-10,12-13H,3-7H2,1-2H3. The number of nitrogens with one attached hydrogen (secondary N) is 1. The maximum absolute atomic E-state index is 10.3. The number of rotatable bonds is 2. The predicted octanol–water partition coefficient (Wildman–Crippen LogP) is 1.54. The number of aliphatic hydroxyl groups is 1. The minimum atomic E-state index is -0.356. The smallest absolute Gasteiger partial charge is 0.0805 e. The highest BCUT2D eigenvalue weighted by molar-refractivity contribution is 5.04. The first kappa shape index (κ1) is 9.47. The van der Waals surface area contributed by atoms with Crippen molar-refractivity contribution in [3.05, 3.63) is 0 Å². The summed E-state index contributed by atoms with van der Waals surface area (Å²) < 4.78 is 0. The van der Waals surface area contributed by atoms with Crippen molar-refractivity contribution in [1.29, 1.82) is 0 Å². The largest absolute Gasteiger partial charge is 0.388 e. The highest BCUT2D eigenvalue weighted by atomic mass is 16.3. The van der Waals surface area contributed by atoms with Crippen LogP contribution in [-0.2, 0) is 0 Å². The molecule has 2 nitrogen and oxygen atoms in total. The number of hydrogen-bond donors (Lipinski definition) is 2. The average molecular weight is 183 g/mol. The van der Waals surface area contributed by atoms with E-state index in [9.17, 15) is 5.11 Å². The van der Waals surface area contributed by atoms with Gasteiger partial charge in [-0.25, -0.2) is 0 Å². The van der Waals surface area contributed by atoms with E-state index < -0.39 is 0 Å². The van der Waals surface area contributed by atoms with E-state index in [-0.39, 0.29) is 5.60 Å². The molecule has 0 aromatic rings. The molecule has 76 valence electrons. The molecule has 2 rings (SSSR count). The summed E-state index contributed by atoms with van der Waals surface area (Å²) in [6.07, 6.45) is 4.44. The van der Waals surface area contributed by atoms with E-state index in [4.69, 9.17) is 0 Å². The SMILES string of the molecule is CC(C)C1CC(O)(C2CCCN2)C1. The summed E-state index contributed by atoms with van der Waals surface area (Å²) in [5.41, 5.74) is -0.356. The van der Waals surface area contributed by atoms with Crippen LogP contribution in [0.5, 0.6) is 0 Å². The summed E-state index contributed by atoms with van der Waals surface area (Å²) in [7, 11) is 0. The molecule has 2 heteroatoms. The van der Waals surface area contributed by atoms with E-state index >= 15 is 0 Å². The van der Waals surface area contributed by atoms with Crippen molar-refractivity contribution in [2.45, 2.75) is 51.2 Å². The van der Waals surface area contributed by atoms with Crippen molar-refractivity contribution >= 4 is 0 Å². The van der Waals surface area contributed by atoms with Crippen LogP contribution >= 0.6 is 0 Å². The van der Waals surface area contributed by atoms with Gasteiger partial charge in [-0.2, -0.15) is 0 Å². The first-order chi connectivity index (χ1) is 6.12. The molecule has 1 aliphatic heterocycles. The Labute approximate surface area is 80.7 Å². The molecule has 1 saturated carbocycles. The minimum absolute atomic E-state index is 0.356. The molecule has 13 heavy (non-hydrogen) atoms. The van der Waals surface area contributed by atoms with Gasteiger partial charge in [0.1, 0.15) is 0 Å². The van der Waals surface area contributed by atoms with Crippen LogP contribution in [0, 0.1) is 11.8 Å². The molecule has 2 aliphatic rings. The van der Waals surface area contributed by atoms with Crippen LogP contribution in [0.3, 0.4) is 0 Å². The van der Waals surface area contributed by atoms with Crippen LogP contribution in [0.25, 0.3) is 0 Å². The highest BCUT2D eigenvalue weighted by Crippen LogP contribution is 2.45. The summed E-state index contributed by atoms with van der Waals surface area (Å²) in [5.74, 6) is 1.49. The van der Waals surface area contributed by atoms with E-state index in [1.165, 1.54) is 12.8 Å². The Balaban J connectivity index is 1.87. The van der Waals surface area contributed by atoms with Crippen LogP contribution in [0.2, 0.25) is 0 Å². The van der Waals surface area contributed by atoms with Crippen molar-refractivity contribution in [3.63, 3.8) is 0 Å². The lowest BCUT2D eigenvalue weighted by molar-refractivity contribution is -0.108. The fourth-order valence-corrected chi connectivity index (χ4v) is 2.75. The summed E-state index contributed by atoms with van der Waals surface area (Å²) in [6.45, 7) is 5.61. The predicted molar refractivity (Wildman–Crippen MR) is 53.5 cm³/mol. The van der Waals surface area contributed by atoms with E-state index in [2.05, 4.69) is 19.2 Å². The van der Waals surface area contributed by atoms with Crippen LogP contribution in [-0.4, -0.2) is 23.3 Å². The Hall–Kier alpha value is -0.0800. The highest BCUT2D eigenvalue weighted by Gasteiger charge is 2.49. The third kappa shape index (κ3) is 1.62. The maximum Gasteiger partial charge on any atom is 0.0805 e. The molecular weight excluding hydrogens is 162 g/mol. The quantitative estimate of drug-likeness (QED) is 0.680. The van der Waals surface area contributed by atoms with Crippen molar-refractivity contribution in [1.82, 2.24) is 5.32 Å². The second kappa shape index (κ2) is 3.25. The molecule has 0 aromatic carbocycles. The maximum atomic E-state index is 10.3. The Morgan fingerprint density at radius 3 is 2.54 bits per heavy atom. The third-order valence-electron chi connectivity index (χ3n) is 3.88. The molecule has 1 atom stereocenters. The van der Waals surface area contributed by atoms with Gasteiger partial charge in [0.05, 0.1) is 5.60 Å². The monoisotopic (exact) mass is 183 g/mol. The average Bonchev–Trinajstić information content (AvgIpc) is 2.49. The van der Waals surface area contributed by atoms with Gasteiger partial charge in [0, 0.05) is 6.04 Å². The van der Waals surface area contributed by atoms with E-state index in [0.29, 0.717) is 6.04 Å². The molecule has 0 amide bonds. The zero-order valence-electron chi connectivity index (χ0n) is 8.71. The summed E-state index contributed by atoms with van der Waals surface area (Å²) in [4.78, 5) is 0. The topological polar surface area (TPSA) is 32.3 Å². The van der Waals surface area contributed by atoms with E-state index in [1.807, 2.05) is 0 Å². The molecule has 2 fully saturated rings. The van der Waals surface area contributed by atoms with Gasteiger partial charge in [0.15, 0.2) is 0 Å². The summed E-state index contributed by atoms with van der Waals surface area (Å²) in [5, 5.41) is 13.7. The van der Waals surface area contributed by atoms with Gasteiger partial charge in [-0.05, 0) is 44.1 Å². The Kier molecular flexibility index (Phi) is 2.37. The zero-order valence-corrected chi connectivity index (χ0v) is 8.71. The third-order valence-corrected chi connectivity index (χ3v) is 3.88. The van der Waals surface area contributed by atoms with Gasteiger partial charge in [-0.1, -0.05) is 13.8 Å². The van der Waals surface area contributed by atoms with Gasteiger partial charge in [0.2, 0.25) is 0 Å². The number of hydrogen-bond acceptors (Lipinski definition) is 2. The summed E-state index contributed by atoms with van der Waals surface area (Å²) >= 11 is 0. The Morgan fingerprint density at radius 2 is 2.08 bits per heavy atom. The molecule has 0 aromatic heterocycles. The first-order valence-electron chi connectivity index (χ1n) is 5.57. The van der Waals surface area contributed by atoms with Gasteiger partial charge in [-0.15, -0.1) is 0 Å².